The lowest BCUT2D eigenvalue weighted by Crippen LogP contribution is -2.25. The van der Waals surface area contributed by atoms with Gasteiger partial charge in [0.1, 0.15) is 17.6 Å². The molecule has 1 aromatic rings. The number of hydrogen-bond acceptors (Lipinski definition) is 2. The number of carbonyl (C=O) groups is 1. The molecule has 86 valence electrons. The summed E-state index contributed by atoms with van der Waals surface area (Å²) in [5, 5.41) is 0. The Kier molecular flexibility index (Phi) is 3.60. The van der Waals surface area contributed by atoms with Crippen LogP contribution in [0, 0.1) is 0 Å². The van der Waals surface area contributed by atoms with E-state index >= 15 is 0 Å². The molecule has 0 heterocycles. The Bertz CT molecular complexity index is 354. The number of rotatable bonds is 3. The Labute approximate surface area is 96.6 Å². The van der Waals surface area contributed by atoms with Gasteiger partial charge in [-0.05, 0) is 37.0 Å². The van der Waals surface area contributed by atoms with Crippen LogP contribution < -0.4 is 4.74 Å². The van der Waals surface area contributed by atoms with Gasteiger partial charge < -0.3 is 4.74 Å². The maximum atomic E-state index is 11.3. The molecule has 0 N–H and O–H groups in total. The molecule has 0 amide bonds. The zero-order chi connectivity index (χ0) is 11.4. The molecule has 1 unspecified atom stereocenters. The highest BCUT2D eigenvalue weighted by Gasteiger charge is 2.20. The summed E-state index contributed by atoms with van der Waals surface area (Å²) in [4.78, 5) is 11.3. The number of carbonyl (C=O) groups excluding carboxylic acids is 1. The van der Waals surface area contributed by atoms with Crippen molar-refractivity contribution in [3.63, 3.8) is 0 Å². The third-order valence-electron chi connectivity index (χ3n) is 3.07. The maximum Gasteiger partial charge on any atom is 0.136 e. The average molecular weight is 218 g/mol. The smallest absolute Gasteiger partial charge is 0.136 e. The van der Waals surface area contributed by atoms with Crippen LogP contribution in [0.1, 0.15) is 38.2 Å². The van der Waals surface area contributed by atoms with Crippen molar-refractivity contribution >= 4 is 5.78 Å². The van der Waals surface area contributed by atoms with Crippen LogP contribution in [0.5, 0.6) is 5.75 Å². The molecule has 1 aromatic carbocycles. The Hall–Kier alpha value is -1.31. The zero-order valence-electron chi connectivity index (χ0n) is 9.74. The van der Waals surface area contributed by atoms with E-state index in [-0.39, 0.29) is 6.10 Å². The molecule has 0 radical (unpaired) electrons. The van der Waals surface area contributed by atoms with E-state index in [4.69, 9.17) is 4.74 Å². The lowest BCUT2D eigenvalue weighted by atomic mass is 9.96. The van der Waals surface area contributed by atoms with E-state index in [0.717, 1.165) is 31.4 Å². The predicted octanol–water partition coefficient (Wildman–Crippen LogP) is 3.14. The van der Waals surface area contributed by atoms with Crippen molar-refractivity contribution in [2.24, 2.45) is 0 Å². The molecule has 1 aliphatic carbocycles. The average Bonchev–Trinajstić information content (AvgIpc) is 2.30. The van der Waals surface area contributed by atoms with E-state index in [0.29, 0.717) is 12.2 Å². The summed E-state index contributed by atoms with van der Waals surface area (Å²) < 4.78 is 5.80. The quantitative estimate of drug-likeness (QED) is 0.779. The van der Waals surface area contributed by atoms with Crippen molar-refractivity contribution in [1.29, 1.82) is 0 Å². The maximum absolute atomic E-state index is 11.3. The van der Waals surface area contributed by atoms with Gasteiger partial charge in [0.2, 0.25) is 0 Å². The lowest BCUT2D eigenvalue weighted by Gasteiger charge is -2.22. The van der Waals surface area contributed by atoms with Gasteiger partial charge in [0.05, 0.1) is 0 Å². The summed E-state index contributed by atoms with van der Waals surface area (Å²) in [6.45, 7) is 2.13. The van der Waals surface area contributed by atoms with Gasteiger partial charge in [-0.25, -0.2) is 0 Å². The lowest BCUT2D eigenvalue weighted by molar-refractivity contribution is -0.122. The van der Waals surface area contributed by atoms with Gasteiger partial charge >= 0.3 is 0 Å². The molecular formula is C14H18O2. The van der Waals surface area contributed by atoms with Crippen LogP contribution in [0.4, 0.5) is 0 Å². The van der Waals surface area contributed by atoms with Crippen molar-refractivity contribution < 1.29 is 9.53 Å². The summed E-state index contributed by atoms with van der Waals surface area (Å²) in [6, 6.07) is 8.16. The largest absolute Gasteiger partial charge is 0.490 e. The van der Waals surface area contributed by atoms with Crippen LogP contribution in [0.25, 0.3) is 0 Å². The van der Waals surface area contributed by atoms with Crippen LogP contribution in [-0.2, 0) is 11.2 Å². The van der Waals surface area contributed by atoms with Crippen LogP contribution in [-0.4, -0.2) is 11.9 Å². The van der Waals surface area contributed by atoms with Crippen LogP contribution in [0.15, 0.2) is 24.3 Å². The van der Waals surface area contributed by atoms with Gasteiger partial charge in [0.25, 0.3) is 0 Å². The Morgan fingerprint density at radius 2 is 2.06 bits per heavy atom. The standard InChI is InChI=1S/C14H18O2/c1-2-11-6-8-13(9-7-11)16-14-5-3-4-12(15)10-14/h6-9,14H,2-5,10H2,1H3. The fourth-order valence-electron chi connectivity index (χ4n) is 2.08. The van der Waals surface area contributed by atoms with Gasteiger partial charge in [-0.2, -0.15) is 0 Å². The normalized spacial score (nSPS) is 20.8. The highest BCUT2D eigenvalue weighted by atomic mass is 16.5. The number of ketones is 1. The fraction of sp³-hybridized carbons (Fsp3) is 0.500. The molecule has 2 heteroatoms. The molecule has 1 saturated carbocycles. The molecule has 1 fully saturated rings. The second-order valence-electron chi connectivity index (χ2n) is 4.37. The summed E-state index contributed by atoms with van der Waals surface area (Å²) in [5.74, 6) is 1.22. The molecule has 2 rings (SSSR count). The summed E-state index contributed by atoms with van der Waals surface area (Å²) in [7, 11) is 0. The van der Waals surface area contributed by atoms with Crippen molar-refractivity contribution in [1.82, 2.24) is 0 Å². The highest BCUT2D eigenvalue weighted by Crippen LogP contribution is 2.21. The van der Waals surface area contributed by atoms with Crippen LogP contribution in [0.2, 0.25) is 0 Å². The Morgan fingerprint density at radius 3 is 2.69 bits per heavy atom. The highest BCUT2D eigenvalue weighted by molar-refractivity contribution is 5.79. The van der Waals surface area contributed by atoms with E-state index in [1.807, 2.05) is 12.1 Å². The van der Waals surface area contributed by atoms with Gasteiger partial charge in [0.15, 0.2) is 0 Å². The number of ether oxygens (including phenoxy) is 1. The zero-order valence-corrected chi connectivity index (χ0v) is 9.74. The second kappa shape index (κ2) is 5.15. The summed E-state index contributed by atoms with van der Waals surface area (Å²) in [6.07, 6.45) is 4.41. The minimum atomic E-state index is 0.0914. The van der Waals surface area contributed by atoms with Crippen LogP contribution >= 0.6 is 0 Å². The first-order chi connectivity index (χ1) is 7.78. The first kappa shape index (κ1) is 11.2. The van der Waals surface area contributed by atoms with E-state index in [2.05, 4.69) is 19.1 Å². The monoisotopic (exact) mass is 218 g/mol. The number of Topliss-reactive ketones (excluding diaryl/α,β-unsaturated/α-hetero) is 1. The third kappa shape index (κ3) is 2.84. The van der Waals surface area contributed by atoms with E-state index in [9.17, 15) is 4.79 Å². The Balaban J connectivity index is 1.94. The molecule has 1 aliphatic rings. The van der Waals surface area contributed by atoms with Gasteiger partial charge in [0, 0.05) is 12.8 Å². The minimum Gasteiger partial charge on any atom is -0.490 e. The molecule has 16 heavy (non-hydrogen) atoms. The first-order valence-corrected chi connectivity index (χ1v) is 6.05. The number of aryl methyl sites for hydroxylation is 1. The topological polar surface area (TPSA) is 26.3 Å². The molecule has 2 nitrogen and oxygen atoms in total. The summed E-state index contributed by atoms with van der Waals surface area (Å²) in [5.41, 5.74) is 1.31. The third-order valence-corrected chi connectivity index (χ3v) is 3.07. The number of hydrogen-bond donors (Lipinski definition) is 0. The van der Waals surface area contributed by atoms with Crippen molar-refractivity contribution in [2.45, 2.75) is 45.1 Å². The van der Waals surface area contributed by atoms with Crippen LogP contribution in [0.3, 0.4) is 0 Å². The van der Waals surface area contributed by atoms with Gasteiger partial charge in [-0.3, -0.25) is 4.79 Å². The van der Waals surface area contributed by atoms with E-state index in [1.165, 1.54) is 5.56 Å². The van der Waals surface area contributed by atoms with E-state index < -0.39 is 0 Å². The molecule has 0 aromatic heterocycles. The molecule has 1 atom stereocenters. The van der Waals surface area contributed by atoms with Crippen molar-refractivity contribution in [3.05, 3.63) is 29.8 Å². The molecular weight excluding hydrogens is 200 g/mol. The van der Waals surface area contributed by atoms with E-state index in [1.54, 1.807) is 0 Å². The van der Waals surface area contributed by atoms with Gasteiger partial charge in [-0.15, -0.1) is 0 Å². The molecule has 0 aliphatic heterocycles. The second-order valence-corrected chi connectivity index (χ2v) is 4.37. The van der Waals surface area contributed by atoms with Gasteiger partial charge in [-0.1, -0.05) is 19.1 Å². The SMILES string of the molecule is CCc1ccc(OC2CCCC(=O)C2)cc1. The molecule has 0 bridgehead atoms. The van der Waals surface area contributed by atoms with Crippen molar-refractivity contribution in [3.8, 4) is 5.75 Å². The fourth-order valence-corrected chi connectivity index (χ4v) is 2.08. The summed E-state index contributed by atoms with van der Waals surface area (Å²) >= 11 is 0. The molecule has 0 saturated heterocycles. The Morgan fingerprint density at radius 1 is 1.31 bits per heavy atom. The first-order valence-electron chi connectivity index (χ1n) is 6.05. The molecule has 0 spiro atoms. The minimum absolute atomic E-state index is 0.0914. The van der Waals surface area contributed by atoms with Crippen molar-refractivity contribution in [2.75, 3.05) is 0 Å². The number of benzene rings is 1. The predicted molar refractivity (Wildman–Crippen MR) is 63.7 cm³/mol.